The Bertz CT molecular complexity index is 1060. The maximum atomic E-state index is 12.9. The molecule has 0 aliphatic heterocycles. The van der Waals surface area contributed by atoms with Crippen LogP contribution in [0.4, 0.5) is 13.2 Å². The summed E-state index contributed by atoms with van der Waals surface area (Å²) in [6, 6.07) is 11.1. The van der Waals surface area contributed by atoms with Crippen molar-refractivity contribution in [3.63, 3.8) is 0 Å². The maximum absolute atomic E-state index is 12.9. The predicted molar refractivity (Wildman–Crippen MR) is 145 cm³/mol. The van der Waals surface area contributed by atoms with Crippen LogP contribution in [0.1, 0.15) is 94.0 Å². The minimum Gasteiger partial charge on any atom is -0.490 e. The van der Waals surface area contributed by atoms with Crippen molar-refractivity contribution >= 4 is 11.9 Å². The third-order valence-corrected chi connectivity index (χ3v) is 6.18. The Balaban J connectivity index is 2.08. The Hall–Kier alpha value is -3.29. The number of benzene rings is 2. The van der Waals surface area contributed by atoms with Gasteiger partial charge in [-0.25, -0.2) is 9.59 Å². The lowest BCUT2D eigenvalue weighted by Crippen LogP contribution is -2.23. The normalized spacial score (nSPS) is 11.2. The summed E-state index contributed by atoms with van der Waals surface area (Å²) in [5.41, 5.74) is -0.529. The monoisotopic (exact) mass is 548 g/mol. The van der Waals surface area contributed by atoms with E-state index in [-0.39, 0.29) is 23.7 Å². The van der Waals surface area contributed by atoms with Gasteiger partial charge in [0.2, 0.25) is 0 Å². The fourth-order valence-corrected chi connectivity index (χ4v) is 3.82. The molecule has 0 amide bonds. The second-order valence-electron chi connectivity index (χ2n) is 9.49. The van der Waals surface area contributed by atoms with Crippen LogP contribution in [0.3, 0.4) is 0 Å². The second kappa shape index (κ2) is 16.6. The highest BCUT2D eigenvalue weighted by Gasteiger charge is 2.38. The highest BCUT2D eigenvalue weighted by molar-refractivity contribution is 5.94. The zero-order valence-corrected chi connectivity index (χ0v) is 22.9. The van der Waals surface area contributed by atoms with E-state index in [1.165, 1.54) is 37.8 Å². The topological polar surface area (TPSA) is 61.8 Å². The van der Waals surface area contributed by atoms with Gasteiger partial charge in [-0.3, -0.25) is 0 Å². The number of unbranched alkanes of at least 4 members (excludes halogenated alkanes) is 8. The Morgan fingerprint density at radius 2 is 1.38 bits per heavy atom. The molecule has 0 aromatic heterocycles. The lowest BCUT2D eigenvalue weighted by atomic mass is 10.1. The van der Waals surface area contributed by atoms with Crippen molar-refractivity contribution in [3.8, 4) is 17.2 Å². The first-order chi connectivity index (χ1) is 18.7. The molecule has 0 N–H and O–H groups in total. The molecule has 0 saturated carbocycles. The number of rotatable bonds is 17. The molecule has 39 heavy (non-hydrogen) atoms. The zero-order chi connectivity index (χ0) is 28.7. The first-order valence-corrected chi connectivity index (χ1v) is 13.7. The van der Waals surface area contributed by atoms with Crippen molar-refractivity contribution in [2.45, 2.75) is 90.7 Å². The van der Waals surface area contributed by atoms with E-state index in [0.29, 0.717) is 5.75 Å². The molecule has 0 unspecified atom stereocenters. The predicted octanol–water partition coefficient (Wildman–Crippen LogP) is 8.79. The van der Waals surface area contributed by atoms with Gasteiger partial charge < -0.3 is 14.2 Å². The van der Waals surface area contributed by atoms with E-state index in [2.05, 4.69) is 20.4 Å². The summed E-state index contributed by atoms with van der Waals surface area (Å²) in [4.78, 5) is 24.9. The number of hydrogen-bond acceptors (Lipinski definition) is 5. The molecule has 2 aromatic rings. The summed E-state index contributed by atoms with van der Waals surface area (Å²) in [5.74, 6) is -2.36. The van der Waals surface area contributed by atoms with Crippen molar-refractivity contribution in [3.05, 3.63) is 65.7 Å². The molecule has 8 heteroatoms. The van der Waals surface area contributed by atoms with Crippen LogP contribution in [-0.2, 0) is 11.2 Å². The van der Waals surface area contributed by atoms with Crippen molar-refractivity contribution in [1.29, 1.82) is 0 Å². The summed E-state index contributed by atoms with van der Waals surface area (Å²) >= 11 is 0. The van der Waals surface area contributed by atoms with E-state index in [1.807, 2.05) is 12.1 Å². The molecule has 0 bridgehead atoms. The van der Waals surface area contributed by atoms with E-state index in [0.717, 1.165) is 56.6 Å². The zero-order valence-electron chi connectivity index (χ0n) is 22.9. The van der Waals surface area contributed by atoms with Crippen LogP contribution in [0.15, 0.2) is 54.6 Å². The van der Waals surface area contributed by atoms with Crippen LogP contribution in [0.5, 0.6) is 17.2 Å². The van der Waals surface area contributed by atoms with Gasteiger partial charge in [-0.05, 0) is 55.2 Å². The molecule has 0 heterocycles. The molecule has 0 aliphatic carbocycles. The van der Waals surface area contributed by atoms with Gasteiger partial charge in [-0.2, -0.15) is 13.2 Å². The summed E-state index contributed by atoms with van der Waals surface area (Å²) in [5, 5.41) is 0. The molecule has 2 aromatic carbocycles. The smallest absolute Gasteiger partial charge is 0.422 e. The fourth-order valence-electron chi connectivity index (χ4n) is 3.82. The lowest BCUT2D eigenvalue weighted by Gasteiger charge is -2.15. The van der Waals surface area contributed by atoms with Crippen LogP contribution >= 0.6 is 0 Å². The average Bonchev–Trinajstić information content (AvgIpc) is 2.91. The molecule has 0 saturated heterocycles. The number of ether oxygens (including phenoxy) is 3. The van der Waals surface area contributed by atoms with Gasteiger partial charge in [0.05, 0.1) is 12.2 Å². The van der Waals surface area contributed by atoms with Crippen LogP contribution in [0.2, 0.25) is 0 Å². The molecule has 5 nitrogen and oxygen atoms in total. The number of esters is 2. The van der Waals surface area contributed by atoms with Crippen molar-refractivity contribution in [2.24, 2.45) is 0 Å². The molecule has 0 fully saturated rings. The average molecular weight is 549 g/mol. The van der Waals surface area contributed by atoms with Crippen LogP contribution in [0, 0.1) is 0 Å². The first kappa shape index (κ1) is 31.9. The number of halogens is 3. The third-order valence-electron chi connectivity index (χ3n) is 6.18. The number of aryl methyl sites for hydroxylation is 1. The van der Waals surface area contributed by atoms with Crippen molar-refractivity contribution in [2.75, 3.05) is 6.61 Å². The Morgan fingerprint density at radius 3 is 2.00 bits per heavy atom. The SMILES string of the molecule is C=C(C(=O)Oc1cc(C(=O)Oc2ccc(CCCCCCC)cc2)ccc1OCCCCCCC)C(F)(F)F. The van der Waals surface area contributed by atoms with Gasteiger partial charge in [0.15, 0.2) is 11.5 Å². The summed E-state index contributed by atoms with van der Waals surface area (Å²) in [7, 11) is 0. The van der Waals surface area contributed by atoms with E-state index >= 15 is 0 Å². The highest BCUT2D eigenvalue weighted by atomic mass is 19.4. The minimum absolute atomic E-state index is 0.00860. The van der Waals surface area contributed by atoms with Gasteiger partial charge in [-0.1, -0.05) is 83.9 Å². The summed E-state index contributed by atoms with van der Waals surface area (Å²) < 4.78 is 54.9. The van der Waals surface area contributed by atoms with Gasteiger partial charge >= 0.3 is 18.1 Å². The van der Waals surface area contributed by atoms with Crippen LogP contribution in [0.25, 0.3) is 0 Å². The minimum atomic E-state index is -4.95. The molecule has 0 radical (unpaired) electrons. The molecular weight excluding hydrogens is 509 g/mol. The van der Waals surface area contributed by atoms with Gasteiger partial charge in [0.1, 0.15) is 11.3 Å². The quantitative estimate of drug-likeness (QED) is 0.0856. The second-order valence-corrected chi connectivity index (χ2v) is 9.49. The standard InChI is InChI=1S/C31H39F3O5/c1-4-6-8-10-12-14-24-15-18-26(19-16-24)38-30(36)25-17-20-27(37-21-13-11-9-7-5-2)28(22-25)39-29(35)23(3)31(32,33)34/h15-20,22H,3-14,21H2,1-2H3. The fraction of sp³-hybridized carbons (Fsp3) is 0.484. The van der Waals surface area contributed by atoms with Crippen molar-refractivity contribution in [1.82, 2.24) is 0 Å². The van der Waals surface area contributed by atoms with E-state index in [9.17, 15) is 22.8 Å². The number of hydrogen-bond donors (Lipinski definition) is 0. The largest absolute Gasteiger partial charge is 0.490 e. The van der Waals surface area contributed by atoms with Gasteiger partial charge in [0.25, 0.3) is 0 Å². The molecule has 2 rings (SSSR count). The number of alkyl halides is 3. The van der Waals surface area contributed by atoms with E-state index < -0.39 is 23.7 Å². The first-order valence-electron chi connectivity index (χ1n) is 13.7. The number of carbonyl (C=O) groups excluding carboxylic acids is 2. The summed E-state index contributed by atoms with van der Waals surface area (Å²) in [6.45, 7) is 7.34. The lowest BCUT2D eigenvalue weighted by molar-refractivity contribution is -0.142. The highest BCUT2D eigenvalue weighted by Crippen LogP contribution is 2.32. The van der Waals surface area contributed by atoms with E-state index in [1.54, 1.807) is 12.1 Å². The Morgan fingerprint density at radius 1 is 0.769 bits per heavy atom. The number of carbonyl (C=O) groups is 2. The molecule has 0 aliphatic rings. The van der Waals surface area contributed by atoms with Crippen LogP contribution < -0.4 is 14.2 Å². The Kier molecular flexibility index (Phi) is 13.6. The molecule has 0 atom stereocenters. The molecule has 0 spiro atoms. The maximum Gasteiger partial charge on any atom is 0.422 e. The van der Waals surface area contributed by atoms with Gasteiger partial charge in [-0.15, -0.1) is 0 Å². The summed E-state index contributed by atoms with van der Waals surface area (Å²) in [6.07, 6.45) is 6.78. The van der Waals surface area contributed by atoms with E-state index in [4.69, 9.17) is 14.2 Å². The Labute approximate surface area is 229 Å². The van der Waals surface area contributed by atoms with Crippen molar-refractivity contribution < 1.29 is 37.0 Å². The van der Waals surface area contributed by atoms with Crippen LogP contribution in [-0.4, -0.2) is 24.7 Å². The third kappa shape index (κ3) is 11.5. The molecule has 214 valence electrons. The molecular formula is C31H39F3O5. The van der Waals surface area contributed by atoms with Gasteiger partial charge in [0, 0.05) is 0 Å².